The Bertz CT molecular complexity index is 644. The fraction of sp³-hybridized carbons (Fsp3) is 0.938. The van der Waals surface area contributed by atoms with Crippen LogP contribution in [0, 0.1) is 52.3 Å². The molecule has 3 saturated carbocycles. The highest BCUT2D eigenvalue weighted by atomic mass is 16.5. The summed E-state index contributed by atoms with van der Waals surface area (Å²) < 4.78 is 5.75. The van der Waals surface area contributed by atoms with E-state index < -0.39 is 0 Å². The van der Waals surface area contributed by atoms with Gasteiger partial charge in [-0.2, -0.15) is 0 Å². The summed E-state index contributed by atoms with van der Waals surface area (Å²) in [6, 6.07) is 0. The maximum Gasteiger partial charge on any atom is 0.0608 e. The third-order valence-electron chi connectivity index (χ3n) is 10.6. The lowest BCUT2D eigenvalue weighted by Gasteiger charge is -2.58. The Balaban J connectivity index is 0.000000709. The lowest BCUT2D eigenvalue weighted by atomic mass is 9.47. The second-order valence-electron chi connectivity index (χ2n) is 14.1. The molecule has 0 radical (unpaired) electrons. The summed E-state index contributed by atoms with van der Waals surface area (Å²) in [4.78, 5) is 0. The third kappa shape index (κ3) is 5.76. The average molecular weight is 459 g/mol. The van der Waals surface area contributed by atoms with Crippen LogP contribution in [0.4, 0.5) is 0 Å². The van der Waals surface area contributed by atoms with Crippen molar-refractivity contribution in [2.24, 2.45) is 52.3 Å². The highest BCUT2D eigenvalue weighted by Crippen LogP contribution is 2.67. The molecule has 0 unspecified atom stereocenters. The molecule has 0 spiro atoms. The second-order valence-corrected chi connectivity index (χ2v) is 14.1. The van der Waals surface area contributed by atoms with Crippen molar-refractivity contribution in [1.29, 1.82) is 0 Å². The first-order valence-electron chi connectivity index (χ1n) is 14.7. The summed E-state index contributed by atoms with van der Waals surface area (Å²) in [5.41, 5.74) is 2.85. The molecule has 33 heavy (non-hydrogen) atoms. The van der Waals surface area contributed by atoms with E-state index in [9.17, 15) is 0 Å². The van der Waals surface area contributed by atoms with Gasteiger partial charge in [0.25, 0.3) is 0 Å². The van der Waals surface area contributed by atoms with E-state index in [-0.39, 0.29) is 0 Å². The zero-order chi connectivity index (χ0) is 24.4. The van der Waals surface area contributed by atoms with Gasteiger partial charge in [0, 0.05) is 7.11 Å². The minimum atomic E-state index is 0.472. The van der Waals surface area contributed by atoms with Crippen LogP contribution in [-0.4, -0.2) is 13.2 Å². The van der Waals surface area contributed by atoms with E-state index in [0.717, 1.165) is 41.4 Å². The summed E-state index contributed by atoms with van der Waals surface area (Å²) in [7, 11) is 1.91. The first-order chi connectivity index (χ1) is 15.5. The van der Waals surface area contributed by atoms with Crippen molar-refractivity contribution in [3.8, 4) is 0 Å². The predicted octanol–water partition coefficient (Wildman–Crippen LogP) is 9.71. The molecule has 0 N–H and O–H groups in total. The quantitative estimate of drug-likeness (QED) is 0.360. The van der Waals surface area contributed by atoms with Gasteiger partial charge in [0.05, 0.1) is 6.10 Å². The summed E-state index contributed by atoms with van der Waals surface area (Å²) in [6.07, 6.45) is 18.7. The van der Waals surface area contributed by atoms with Crippen molar-refractivity contribution in [1.82, 2.24) is 0 Å². The van der Waals surface area contributed by atoms with Crippen molar-refractivity contribution < 1.29 is 4.74 Å². The smallest absolute Gasteiger partial charge is 0.0608 e. The molecule has 4 rings (SSSR count). The van der Waals surface area contributed by atoms with Crippen LogP contribution in [0.1, 0.15) is 126 Å². The fourth-order valence-electron chi connectivity index (χ4n) is 8.85. The summed E-state index contributed by atoms with van der Waals surface area (Å²) >= 11 is 0. The topological polar surface area (TPSA) is 9.23 Å². The molecular weight excluding hydrogens is 400 g/mol. The number of fused-ring (bicyclic) bond motifs is 5. The molecule has 192 valence electrons. The highest BCUT2D eigenvalue weighted by molar-refractivity contribution is 5.25. The molecule has 8 atom stereocenters. The Labute approximate surface area is 207 Å². The number of ether oxygens (including phenoxy) is 1. The first-order valence-corrected chi connectivity index (χ1v) is 14.7. The van der Waals surface area contributed by atoms with Gasteiger partial charge < -0.3 is 4.74 Å². The third-order valence-corrected chi connectivity index (χ3v) is 10.6. The molecule has 0 aliphatic heterocycles. The molecule has 3 fully saturated rings. The molecule has 0 aromatic rings. The Kier molecular flexibility index (Phi) is 9.24. The van der Waals surface area contributed by atoms with Crippen molar-refractivity contribution in [3.63, 3.8) is 0 Å². The summed E-state index contributed by atoms with van der Waals surface area (Å²) in [5, 5.41) is 0. The van der Waals surface area contributed by atoms with Crippen LogP contribution >= 0.6 is 0 Å². The Hall–Kier alpha value is -0.300. The van der Waals surface area contributed by atoms with Crippen molar-refractivity contribution >= 4 is 0 Å². The molecule has 4 aliphatic carbocycles. The van der Waals surface area contributed by atoms with E-state index in [1.807, 2.05) is 7.11 Å². The maximum atomic E-state index is 5.75. The molecule has 1 nitrogen and oxygen atoms in total. The van der Waals surface area contributed by atoms with Crippen LogP contribution in [0.25, 0.3) is 0 Å². The fourth-order valence-corrected chi connectivity index (χ4v) is 8.85. The molecule has 0 aromatic heterocycles. The number of allylic oxidation sites excluding steroid dienone is 1. The predicted molar refractivity (Wildman–Crippen MR) is 144 cm³/mol. The largest absolute Gasteiger partial charge is 0.381 e. The summed E-state index contributed by atoms with van der Waals surface area (Å²) in [5.74, 6) is 6.46. The second kappa shape index (κ2) is 11.2. The molecule has 4 aliphatic rings. The van der Waals surface area contributed by atoms with Crippen molar-refractivity contribution in [2.45, 2.75) is 132 Å². The van der Waals surface area contributed by atoms with E-state index in [1.165, 1.54) is 70.6 Å². The van der Waals surface area contributed by atoms with Crippen LogP contribution in [0.15, 0.2) is 11.6 Å². The lowest BCUT2D eigenvalue weighted by Crippen LogP contribution is -2.50. The maximum absolute atomic E-state index is 5.75. The molecule has 0 saturated heterocycles. The first kappa shape index (κ1) is 27.3. The minimum Gasteiger partial charge on any atom is -0.381 e. The van der Waals surface area contributed by atoms with E-state index in [1.54, 1.807) is 5.57 Å². The van der Waals surface area contributed by atoms with Gasteiger partial charge in [-0.1, -0.05) is 86.3 Å². The van der Waals surface area contributed by atoms with Gasteiger partial charge in [0.2, 0.25) is 0 Å². The van der Waals surface area contributed by atoms with Crippen molar-refractivity contribution in [2.75, 3.05) is 7.11 Å². The van der Waals surface area contributed by atoms with Gasteiger partial charge in [-0.15, -0.1) is 0 Å². The van der Waals surface area contributed by atoms with Gasteiger partial charge in [-0.05, 0) is 104 Å². The molecular formula is C32H58O. The Morgan fingerprint density at radius 2 is 1.61 bits per heavy atom. The van der Waals surface area contributed by atoms with Gasteiger partial charge in [-0.25, -0.2) is 0 Å². The average Bonchev–Trinajstić information content (AvgIpc) is 3.09. The molecule has 0 heterocycles. The Morgan fingerprint density at radius 1 is 0.909 bits per heavy atom. The number of hydrogen-bond donors (Lipinski definition) is 0. The van der Waals surface area contributed by atoms with Gasteiger partial charge >= 0.3 is 0 Å². The minimum absolute atomic E-state index is 0.472. The highest BCUT2D eigenvalue weighted by Gasteiger charge is 2.59. The van der Waals surface area contributed by atoms with E-state index in [4.69, 9.17) is 4.74 Å². The van der Waals surface area contributed by atoms with Crippen LogP contribution in [0.3, 0.4) is 0 Å². The molecule has 0 bridgehead atoms. The standard InChI is InChI=1S/C28H48O.C4H10/c1-19(2)8-7-9-20(3)24-12-13-25-23-11-10-21-18-22(29-6)14-16-27(21,4)26(23)15-17-28(24,25)5;1-4(2)3/h10,19-20,22-26H,7-9,11-18H2,1-6H3;4H,1-3H3/t20-,22+,23+,24-,25+,26+,27+,28-;/m1./s1. The van der Waals surface area contributed by atoms with Gasteiger partial charge in [0.15, 0.2) is 0 Å². The molecule has 1 heteroatoms. The number of methoxy groups -OCH3 is 1. The van der Waals surface area contributed by atoms with E-state index in [2.05, 4.69) is 61.5 Å². The monoisotopic (exact) mass is 458 g/mol. The zero-order valence-corrected chi connectivity index (χ0v) is 23.9. The summed E-state index contributed by atoms with van der Waals surface area (Å²) in [6.45, 7) is 19.2. The van der Waals surface area contributed by atoms with Crippen molar-refractivity contribution in [3.05, 3.63) is 11.6 Å². The lowest BCUT2D eigenvalue weighted by molar-refractivity contribution is -0.0601. The SMILES string of the molecule is CC(C)C.CO[C@H]1CC[C@@]2(C)C(=CC[C@H]3[C@@H]4CC[C@H]([C@H](C)CCCC(C)C)[C@@]4(C)CC[C@@H]32)C1. The van der Waals surface area contributed by atoms with E-state index in [0.29, 0.717) is 16.9 Å². The van der Waals surface area contributed by atoms with Gasteiger partial charge in [0.1, 0.15) is 0 Å². The molecule has 0 amide bonds. The van der Waals surface area contributed by atoms with E-state index >= 15 is 0 Å². The zero-order valence-electron chi connectivity index (χ0n) is 23.9. The Morgan fingerprint density at radius 3 is 2.24 bits per heavy atom. The van der Waals surface area contributed by atoms with Crippen LogP contribution in [-0.2, 0) is 4.74 Å². The van der Waals surface area contributed by atoms with Crippen LogP contribution in [0.2, 0.25) is 0 Å². The molecule has 0 aromatic carbocycles. The normalized spacial score (nSPS) is 40.9. The number of rotatable bonds is 6. The van der Waals surface area contributed by atoms with Gasteiger partial charge in [-0.3, -0.25) is 0 Å². The number of hydrogen-bond acceptors (Lipinski definition) is 1. The van der Waals surface area contributed by atoms with Crippen LogP contribution in [0.5, 0.6) is 0 Å². The van der Waals surface area contributed by atoms with Crippen LogP contribution < -0.4 is 0 Å².